The van der Waals surface area contributed by atoms with Crippen LogP contribution in [0.1, 0.15) is 42.7 Å². The van der Waals surface area contributed by atoms with Crippen molar-refractivity contribution in [1.29, 1.82) is 0 Å². The number of aliphatic imine (C=N–C) groups is 1. The van der Waals surface area contributed by atoms with Crippen molar-refractivity contribution in [3.8, 4) is 11.5 Å². The van der Waals surface area contributed by atoms with Crippen LogP contribution >= 0.6 is 11.6 Å². The van der Waals surface area contributed by atoms with Crippen molar-refractivity contribution in [2.45, 2.75) is 31.6 Å². The van der Waals surface area contributed by atoms with E-state index in [-0.39, 0.29) is 24.9 Å². The smallest absolute Gasteiger partial charge is 0.315 e. The summed E-state index contributed by atoms with van der Waals surface area (Å²) in [6.07, 6.45) is 0.886. The third-order valence-electron chi connectivity index (χ3n) is 6.79. The quantitative estimate of drug-likeness (QED) is 0.361. The second-order valence-electron chi connectivity index (χ2n) is 8.92. The van der Waals surface area contributed by atoms with Gasteiger partial charge in [0.15, 0.2) is 5.78 Å². The van der Waals surface area contributed by atoms with E-state index in [2.05, 4.69) is 0 Å². The van der Waals surface area contributed by atoms with Crippen molar-refractivity contribution in [1.82, 2.24) is 0 Å². The number of ether oxygens (including phenoxy) is 4. The molecule has 0 N–H and O–H groups in total. The van der Waals surface area contributed by atoms with Crippen LogP contribution in [0.3, 0.4) is 0 Å². The van der Waals surface area contributed by atoms with E-state index in [1.54, 1.807) is 33.5 Å². The molecule has 2 aromatic carbocycles. The Bertz CT molecular complexity index is 1200. The third kappa shape index (κ3) is 5.18. The van der Waals surface area contributed by atoms with E-state index in [0.29, 0.717) is 51.9 Å². The van der Waals surface area contributed by atoms with Gasteiger partial charge in [-0.05, 0) is 55.2 Å². The number of Topliss-reactive ketones (excluding diaryl/α,β-unsaturated/α-hetero) is 1. The summed E-state index contributed by atoms with van der Waals surface area (Å²) in [5.41, 5.74) is 3.54. The van der Waals surface area contributed by atoms with Crippen LogP contribution in [0.25, 0.3) is 0 Å². The number of carbonyl (C=O) groups is 2. The highest BCUT2D eigenvalue weighted by atomic mass is 35.5. The molecule has 1 aliphatic carbocycles. The van der Waals surface area contributed by atoms with E-state index in [1.807, 2.05) is 37.3 Å². The molecule has 4 rings (SSSR count). The molecule has 1 aliphatic heterocycles. The predicted molar refractivity (Wildman–Crippen MR) is 137 cm³/mol. The van der Waals surface area contributed by atoms with Crippen LogP contribution in [0.15, 0.2) is 58.7 Å². The van der Waals surface area contributed by atoms with E-state index in [1.165, 1.54) is 0 Å². The van der Waals surface area contributed by atoms with Gasteiger partial charge in [0.05, 0.1) is 20.8 Å². The third-order valence-corrected chi connectivity index (χ3v) is 7.04. The number of carbonyl (C=O) groups excluding carboxylic acids is 2. The lowest BCUT2D eigenvalue weighted by atomic mass is 9.69. The number of ketones is 1. The molecule has 0 radical (unpaired) electrons. The zero-order chi connectivity index (χ0) is 25.8. The van der Waals surface area contributed by atoms with Crippen LogP contribution in [0, 0.1) is 5.92 Å². The summed E-state index contributed by atoms with van der Waals surface area (Å²) in [4.78, 5) is 31.9. The Morgan fingerprint density at radius 1 is 1.03 bits per heavy atom. The number of methoxy groups -OCH3 is 3. The van der Waals surface area contributed by atoms with Crippen LogP contribution in [0.2, 0.25) is 5.02 Å². The van der Waals surface area contributed by atoms with Gasteiger partial charge < -0.3 is 18.9 Å². The van der Waals surface area contributed by atoms with Gasteiger partial charge >= 0.3 is 5.97 Å². The minimum atomic E-state index is -0.780. The fraction of sp³-hybridized carbons (Fsp3) is 0.393. The average molecular weight is 512 g/mol. The van der Waals surface area contributed by atoms with Crippen molar-refractivity contribution < 1.29 is 28.5 Å². The first kappa shape index (κ1) is 25.9. The van der Waals surface area contributed by atoms with Crippen molar-refractivity contribution in [3.63, 3.8) is 0 Å². The largest absolute Gasteiger partial charge is 0.497 e. The van der Waals surface area contributed by atoms with Gasteiger partial charge in [0.1, 0.15) is 24.0 Å². The Hall–Kier alpha value is -3.16. The maximum Gasteiger partial charge on any atom is 0.315 e. The van der Waals surface area contributed by atoms with Crippen molar-refractivity contribution in [3.05, 3.63) is 69.9 Å². The molecule has 3 atom stereocenters. The molecule has 2 aliphatic rings. The molecule has 0 saturated heterocycles. The number of hydrogen-bond donors (Lipinski definition) is 0. The number of allylic oxidation sites excluding steroid dienone is 2. The van der Waals surface area contributed by atoms with E-state index in [9.17, 15) is 9.59 Å². The summed E-state index contributed by atoms with van der Waals surface area (Å²) in [6.45, 7) is 2.19. The molecule has 0 fully saturated rings. The Morgan fingerprint density at radius 3 is 2.44 bits per heavy atom. The Morgan fingerprint density at radius 2 is 1.78 bits per heavy atom. The monoisotopic (exact) mass is 511 g/mol. The van der Waals surface area contributed by atoms with Crippen LogP contribution in [0.5, 0.6) is 11.5 Å². The highest BCUT2D eigenvalue weighted by Gasteiger charge is 2.46. The van der Waals surface area contributed by atoms with Crippen LogP contribution in [-0.2, 0) is 19.1 Å². The minimum absolute atomic E-state index is 0.0249. The van der Waals surface area contributed by atoms with Gasteiger partial charge in [-0.1, -0.05) is 23.7 Å². The first-order valence-corrected chi connectivity index (χ1v) is 12.2. The molecule has 8 heteroatoms. The van der Waals surface area contributed by atoms with E-state index in [0.717, 1.165) is 5.56 Å². The molecule has 0 amide bonds. The molecule has 2 aromatic rings. The Balaban J connectivity index is 1.82. The summed E-state index contributed by atoms with van der Waals surface area (Å²) < 4.78 is 21.7. The summed E-state index contributed by atoms with van der Waals surface area (Å²) in [7, 11) is 4.68. The maximum atomic E-state index is 13.8. The van der Waals surface area contributed by atoms with Crippen molar-refractivity contribution in [2.75, 3.05) is 34.5 Å². The summed E-state index contributed by atoms with van der Waals surface area (Å²) in [5, 5.41) is 0.646. The molecule has 0 bridgehead atoms. The number of rotatable bonds is 8. The topological polar surface area (TPSA) is 83.4 Å². The van der Waals surface area contributed by atoms with Crippen LogP contribution in [-0.4, -0.2) is 52.0 Å². The molecule has 0 spiro atoms. The summed E-state index contributed by atoms with van der Waals surface area (Å²) >= 11 is 6.07. The molecule has 36 heavy (non-hydrogen) atoms. The Labute approximate surface area is 216 Å². The molecular formula is C28H30ClNO6. The van der Waals surface area contributed by atoms with Gasteiger partial charge in [-0.25, -0.2) is 0 Å². The molecule has 1 unspecified atom stereocenters. The first-order chi connectivity index (χ1) is 17.4. The first-order valence-electron chi connectivity index (χ1n) is 11.8. The van der Waals surface area contributed by atoms with Crippen molar-refractivity contribution >= 4 is 29.1 Å². The molecule has 0 saturated carbocycles. The lowest BCUT2D eigenvalue weighted by Crippen LogP contribution is -2.38. The fourth-order valence-electron chi connectivity index (χ4n) is 5.07. The zero-order valence-electron chi connectivity index (χ0n) is 20.9. The van der Waals surface area contributed by atoms with Crippen LogP contribution in [0.4, 0.5) is 0 Å². The average Bonchev–Trinajstić information content (AvgIpc) is 2.87. The zero-order valence-corrected chi connectivity index (χ0v) is 21.6. The van der Waals surface area contributed by atoms with Gasteiger partial charge in [-0.3, -0.25) is 14.6 Å². The Kier molecular flexibility index (Phi) is 8.11. The number of nitrogens with zero attached hydrogens (tertiary/aromatic N) is 1. The second-order valence-corrected chi connectivity index (χ2v) is 9.35. The van der Waals surface area contributed by atoms with Gasteiger partial charge in [0, 0.05) is 47.0 Å². The van der Waals surface area contributed by atoms with E-state index >= 15 is 0 Å². The molecular weight excluding hydrogens is 482 g/mol. The van der Waals surface area contributed by atoms with Crippen LogP contribution < -0.4 is 9.47 Å². The second kappa shape index (κ2) is 11.3. The molecule has 190 valence electrons. The van der Waals surface area contributed by atoms with Gasteiger partial charge in [0.2, 0.25) is 0 Å². The number of halogens is 1. The standard InChI is InChI=1S/C28H30ClNO6/c1-16-25(28(32)36-12-11-33-2)26(21-15-20(34-3)9-10-24(21)35-4)27-22(30-16)13-18(14-23(27)31)17-5-7-19(29)8-6-17/h5-10,15,18,25-26H,11-14H2,1-4H3/t18-,25?,26-/m0/s1. The van der Waals surface area contributed by atoms with Gasteiger partial charge in [-0.15, -0.1) is 0 Å². The lowest BCUT2D eigenvalue weighted by Gasteiger charge is -2.37. The number of hydrogen-bond acceptors (Lipinski definition) is 7. The predicted octanol–water partition coefficient (Wildman–Crippen LogP) is 5.12. The van der Waals surface area contributed by atoms with Gasteiger partial charge in [0.25, 0.3) is 0 Å². The normalized spacial score (nSPS) is 21.5. The SMILES string of the molecule is COCCOC(=O)C1C(C)=NC2=C(C(=O)C[C@@H](c3ccc(Cl)cc3)C2)[C@H]1c1cc(OC)ccc1OC. The summed E-state index contributed by atoms with van der Waals surface area (Å²) in [5.74, 6) is -0.761. The molecule has 0 aromatic heterocycles. The number of esters is 1. The van der Waals surface area contributed by atoms with E-state index < -0.39 is 17.8 Å². The number of benzene rings is 2. The van der Waals surface area contributed by atoms with Gasteiger partial charge in [-0.2, -0.15) is 0 Å². The maximum absolute atomic E-state index is 13.8. The highest BCUT2D eigenvalue weighted by molar-refractivity contribution is 6.30. The lowest BCUT2D eigenvalue weighted by molar-refractivity contribution is -0.147. The fourth-order valence-corrected chi connectivity index (χ4v) is 5.20. The molecule has 7 nitrogen and oxygen atoms in total. The molecule has 1 heterocycles. The van der Waals surface area contributed by atoms with Crippen molar-refractivity contribution in [2.24, 2.45) is 10.9 Å². The van der Waals surface area contributed by atoms with E-state index in [4.69, 9.17) is 35.5 Å². The summed E-state index contributed by atoms with van der Waals surface area (Å²) in [6, 6.07) is 12.9. The minimum Gasteiger partial charge on any atom is -0.497 e. The highest BCUT2D eigenvalue weighted by Crippen LogP contribution is 2.49.